The zero-order valence-electron chi connectivity index (χ0n) is 15.0. The van der Waals surface area contributed by atoms with E-state index in [0.717, 1.165) is 15.4 Å². The largest absolute Gasteiger partial charge is 0.505 e. The molecule has 1 N–H and O–H groups in total. The number of sulfonamides is 1. The highest BCUT2D eigenvalue weighted by Crippen LogP contribution is 2.34. The molecule has 3 aromatic rings. The summed E-state index contributed by atoms with van der Waals surface area (Å²) in [6.45, 7) is 0. The fourth-order valence-electron chi connectivity index (χ4n) is 3.29. The third-order valence-electron chi connectivity index (χ3n) is 4.77. The summed E-state index contributed by atoms with van der Waals surface area (Å²) in [5, 5.41) is 10.9. The van der Waals surface area contributed by atoms with Gasteiger partial charge in [0.1, 0.15) is 5.70 Å². The average molecular weight is 391 g/mol. The first-order chi connectivity index (χ1) is 13.4. The fourth-order valence-corrected chi connectivity index (χ4v) is 4.68. The van der Waals surface area contributed by atoms with Gasteiger partial charge in [-0.3, -0.25) is 9.10 Å². The van der Waals surface area contributed by atoms with Crippen LogP contribution in [0.2, 0.25) is 0 Å². The summed E-state index contributed by atoms with van der Waals surface area (Å²) in [7, 11) is -2.65. The Morgan fingerprint density at radius 1 is 0.857 bits per heavy atom. The number of fused-ring (bicyclic) bond motifs is 1. The summed E-state index contributed by atoms with van der Waals surface area (Å²) in [6.07, 6.45) is 0. The van der Waals surface area contributed by atoms with Gasteiger partial charge in [0, 0.05) is 18.2 Å². The van der Waals surface area contributed by atoms with Crippen LogP contribution in [-0.4, -0.2) is 30.7 Å². The van der Waals surface area contributed by atoms with Crippen molar-refractivity contribution >= 4 is 21.6 Å². The zero-order valence-corrected chi connectivity index (χ0v) is 15.8. The summed E-state index contributed by atoms with van der Waals surface area (Å²) in [5.74, 6) is -0.904. The van der Waals surface area contributed by atoms with Crippen LogP contribution >= 0.6 is 0 Å². The normalized spacial score (nSPS) is 17.2. The maximum atomic E-state index is 13.0. The van der Waals surface area contributed by atoms with Crippen LogP contribution in [0.4, 0.5) is 0 Å². The third-order valence-corrected chi connectivity index (χ3v) is 6.58. The number of allylic oxidation sites excluding steroid dienone is 1. The molecule has 0 fully saturated rings. The van der Waals surface area contributed by atoms with Gasteiger partial charge in [-0.15, -0.1) is 0 Å². The number of Topliss-reactive ketones (excluding diaryl/α,β-unsaturated/α-hetero) is 1. The smallest absolute Gasteiger partial charge is 0.265 e. The molecule has 1 heterocycles. The number of aliphatic hydroxyl groups excluding tert-OH is 1. The third kappa shape index (κ3) is 2.78. The number of carbonyl (C=O) groups excluding carboxylic acids is 1. The Morgan fingerprint density at radius 2 is 1.50 bits per heavy atom. The van der Waals surface area contributed by atoms with Crippen molar-refractivity contribution in [2.75, 3.05) is 7.05 Å². The average Bonchev–Trinajstić information content (AvgIpc) is 2.73. The van der Waals surface area contributed by atoms with Crippen molar-refractivity contribution in [3.05, 3.63) is 95.7 Å². The van der Waals surface area contributed by atoms with E-state index in [9.17, 15) is 18.3 Å². The lowest BCUT2D eigenvalue weighted by molar-refractivity contribution is 0.100. The topological polar surface area (TPSA) is 74.7 Å². The molecule has 0 unspecified atom stereocenters. The van der Waals surface area contributed by atoms with Crippen molar-refractivity contribution in [1.29, 1.82) is 0 Å². The summed E-state index contributed by atoms with van der Waals surface area (Å²) in [5.41, 5.74) is 1.96. The van der Waals surface area contributed by atoms with E-state index < -0.39 is 15.8 Å². The minimum atomic E-state index is -3.92. The molecule has 0 radical (unpaired) electrons. The Balaban J connectivity index is 1.89. The van der Waals surface area contributed by atoms with Crippen LogP contribution in [0, 0.1) is 0 Å². The van der Waals surface area contributed by atoms with Crippen molar-refractivity contribution < 1.29 is 18.3 Å². The molecule has 3 aromatic carbocycles. The lowest BCUT2D eigenvalue weighted by Gasteiger charge is -2.28. The first-order valence-corrected chi connectivity index (χ1v) is 10.1. The van der Waals surface area contributed by atoms with Crippen LogP contribution in [0.25, 0.3) is 16.9 Å². The van der Waals surface area contributed by atoms with Crippen LogP contribution in [-0.2, 0) is 10.0 Å². The zero-order chi connectivity index (χ0) is 19.9. The summed E-state index contributed by atoms with van der Waals surface area (Å²) in [4.78, 5) is 12.9. The second kappa shape index (κ2) is 6.65. The number of ketones is 1. The Labute approximate surface area is 163 Å². The van der Waals surface area contributed by atoms with E-state index in [1.54, 1.807) is 30.3 Å². The second-order valence-corrected chi connectivity index (χ2v) is 8.38. The first-order valence-electron chi connectivity index (χ1n) is 8.63. The van der Waals surface area contributed by atoms with Gasteiger partial charge in [-0.05, 0) is 29.3 Å². The Bertz CT molecular complexity index is 1210. The van der Waals surface area contributed by atoms with E-state index in [-0.39, 0.29) is 21.9 Å². The fraction of sp³-hybridized carbons (Fsp3) is 0.0455. The van der Waals surface area contributed by atoms with E-state index in [1.807, 2.05) is 36.4 Å². The number of hydrogen-bond donors (Lipinski definition) is 1. The van der Waals surface area contributed by atoms with Crippen molar-refractivity contribution in [3.63, 3.8) is 0 Å². The molecule has 0 aromatic heterocycles. The van der Waals surface area contributed by atoms with Gasteiger partial charge >= 0.3 is 0 Å². The molecule has 0 saturated heterocycles. The van der Waals surface area contributed by atoms with E-state index in [0.29, 0.717) is 5.56 Å². The van der Waals surface area contributed by atoms with Gasteiger partial charge in [0.25, 0.3) is 10.0 Å². The minimum absolute atomic E-state index is 0.0568. The molecule has 0 bridgehead atoms. The number of rotatable bonds is 2. The van der Waals surface area contributed by atoms with Crippen molar-refractivity contribution in [2.45, 2.75) is 4.90 Å². The lowest BCUT2D eigenvalue weighted by Crippen LogP contribution is -2.37. The molecule has 140 valence electrons. The monoisotopic (exact) mass is 391 g/mol. The molecule has 0 saturated carbocycles. The Morgan fingerprint density at radius 3 is 2.25 bits per heavy atom. The molecule has 0 aliphatic carbocycles. The van der Waals surface area contributed by atoms with E-state index in [1.165, 1.54) is 19.2 Å². The molecule has 28 heavy (non-hydrogen) atoms. The summed E-state index contributed by atoms with van der Waals surface area (Å²) < 4.78 is 26.5. The first kappa shape index (κ1) is 18.0. The Kier molecular flexibility index (Phi) is 4.28. The van der Waals surface area contributed by atoms with Crippen molar-refractivity contribution in [3.8, 4) is 11.1 Å². The highest BCUT2D eigenvalue weighted by atomic mass is 32.2. The molecule has 0 spiro atoms. The summed E-state index contributed by atoms with van der Waals surface area (Å²) >= 11 is 0. The molecule has 4 rings (SSSR count). The highest BCUT2D eigenvalue weighted by molar-refractivity contribution is 7.89. The molecule has 6 heteroatoms. The van der Waals surface area contributed by atoms with Crippen LogP contribution < -0.4 is 0 Å². The number of nitrogens with zero attached hydrogens (tertiary/aromatic N) is 1. The number of carbonyl (C=O) groups is 1. The molecular formula is C22H17NO4S. The molecule has 5 nitrogen and oxygen atoms in total. The summed E-state index contributed by atoms with van der Waals surface area (Å²) in [6, 6.07) is 22.6. The van der Waals surface area contributed by atoms with Crippen LogP contribution in [0.15, 0.2) is 89.5 Å². The number of aliphatic hydroxyl groups is 1. The van der Waals surface area contributed by atoms with Crippen molar-refractivity contribution in [1.82, 2.24) is 4.31 Å². The van der Waals surface area contributed by atoms with Gasteiger partial charge in [0.2, 0.25) is 5.78 Å². The second-order valence-electron chi connectivity index (χ2n) is 6.44. The molecule has 1 aliphatic rings. The number of hydrogen-bond acceptors (Lipinski definition) is 4. The van der Waals surface area contributed by atoms with Gasteiger partial charge < -0.3 is 5.11 Å². The molecule has 0 amide bonds. The molecule has 1 aliphatic heterocycles. The predicted molar refractivity (Wildman–Crippen MR) is 107 cm³/mol. The molecule has 0 atom stereocenters. The van der Waals surface area contributed by atoms with E-state index >= 15 is 0 Å². The maximum absolute atomic E-state index is 13.0. The molecular weight excluding hydrogens is 374 g/mol. The van der Waals surface area contributed by atoms with Crippen LogP contribution in [0.1, 0.15) is 15.9 Å². The maximum Gasteiger partial charge on any atom is 0.265 e. The highest BCUT2D eigenvalue weighted by Gasteiger charge is 2.39. The quantitative estimate of drug-likeness (QED) is 0.527. The van der Waals surface area contributed by atoms with Gasteiger partial charge in [-0.25, -0.2) is 8.42 Å². The minimum Gasteiger partial charge on any atom is -0.505 e. The Hall–Kier alpha value is -3.38. The van der Waals surface area contributed by atoms with Crippen LogP contribution in [0.3, 0.4) is 0 Å². The SMILES string of the molecule is CN1/C(=C(/O)c2cccc(-c3ccccc3)c2)C(=O)c2ccccc2S1(=O)=O. The lowest BCUT2D eigenvalue weighted by atomic mass is 10.00. The van der Waals surface area contributed by atoms with Gasteiger partial charge in [-0.2, -0.15) is 0 Å². The van der Waals surface area contributed by atoms with E-state index in [2.05, 4.69) is 0 Å². The van der Waals surface area contributed by atoms with E-state index in [4.69, 9.17) is 0 Å². The predicted octanol–water partition coefficient (Wildman–Crippen LogP) is 4.10. The van der Waals surface area contributed by atoms with Crippen molar-refractivity contribution in [2.24, 2.45) is 0 Å². The number of benzene rings is 3. The standard InChI is InChI=1S/C22H17NO4S/c1-23-20(22(25)18-12-5-6-13-19(18)28(23,26)27)21(24)17-11-7-10-16(14-17)15-8-3-2-4-9-15/h2-14,24H,1H3/b21-20+. The van der Waals surface area contributed by atoms with Gasteiger partial charge in [0.15, 0.2) is 5.76 Å². The van der Waals surface area contributed by atoms with Crippen LogP contribution in [0.5, 0.6) is 0 Å². The van der Waals surface area contributed by atoms with Gasteiger partial charge in [0.05, 0.1) is 4.90 Å². The number of likely N-dealkylation sites (N-methyl/N-ethyl adjacent to an activating group) is 1. The van der Waals surface area contributed by atoms with Gasteiger partial charge in [-0.1, -0.05) is 60.7 Å².